The van der Waals surface area contributed by atoms with Gasteiger partial charge in [-0.3, -0.25) is 4.79 Å². The summed E-state index contributed by atoms with van der Waals surface area (Å²) in [5.41, 5.74) is 0.842. The van der Waals surface area contributed by atoms with Crippen molar-refractivity contribution in [3.8, 4) is 0 Å². The van der Waals surface area contributed by atoms with Gasteiger partial charge in [0.25, 0.3) is 0 Å². The van der Waals surface area contributed by atoms with Crippen molar-refractivity contribution in [2.75, 3.05) is 13.1 Å². The lowest BCUT2D eigenvalue weighted by Gasteiger charge is -2.22. The van der Waals surface area contributed by atoms with Gasteiger partial charge < -0.3 is 15.2 Å². The van der Waals surface area contributed by atoms with Crippen molar-refractivity contribution in [1.82, 2.24) is 15.8 Å². The molecule has 2 rings (SSSR count). The number of nitrogens with one attached hydrogen (secondary N) is 2. The topological polar surface area (TPSA) is 67.2 Å². The van der Waals surface area contributed by atoms with Crippen molar-refractivity contribution in [3.05, 3.63) is 17.5 Å². The van der Waals surface area contributed by atoms with Gasteiger partial charge in [-0.2, -0.15) is 0 Å². The normalized spacial score (nSPS) is 16.7. The quantitative estimate of drug-likeness (QED) is 0.829. The van der Waals surface area contributed by atoms with Gasteiger partial charge in [-0.25, -0.2) is 0 Å². The monoisotopic (exact) mass is 251 g/mol. The van der Waals surface area contributed by atoms with Crippen LogP contribution in [0.3, 0.4) is 0 Å². The van der Waals surface area contributed by atoms with Gasteiger partial charge in [-0.1, -0.05) is 5.16 Å². The highest BCUT2D eigenvalue weighted by Crippen LogP contribution is 2.17. The number of carbonyl (C=O) groups excluding carboxylic acids is 1. The van der Waals surface area contributed by atoms with E-state index in [4.69, 9.17) is 4.52 Å². The van der Waals surface area contributed by atoms with Crippen LogP contribution in [0.2, 0.25) is 0 Å². The van der Waals surface area contributed by atoms with Gasteiger partial charge in [-0.05, 0) is 45.2 Å². The molecule has 0 aliphatic carbocycles. The summed E-state index contributed by atoms with van der Waals surface area (Å²) in [6.07, 6.45) is 3.98. The first-order chi connectivity index (χ1) is 8.74. The van der Waals surface area contributed by atoms with Gasteiger partial charge in [0.2, 0.25) is 5.91 Å². The highest BCUT2D eigenvalue weighted by molar-refractivity contribution is 5.75. The fraction of sp³-hybridized carbons (Fsp3) is 0.692. The first kappa shape index (κ1) is 13.1. The number of piperidine rings is 1. The summed E-state index contributed by atoms with van der Waals surface area (Å²) in [5.74, 6) is 1.51. The molecule has 100 valence electrons. The summed E-state index contributed by atoms with van der Waals surface area (Å²) in [4.78, 5) is 11.7. The Morgan fingerprint density at radius 2 is 2.33 bits per heavy atom. The maximum absolute atomic E-state index is 11.7. The van der Waals surface area contributed by atoms with Gasteiger partial charge >= 0.3 is 0 Å². The van der Waals surface area contributed by atoms with E-state index in [1.807, 2.05) is 13.0 Å². The van der Waals surface area contributed by atoms with Crippen LogP contribution in [0.4, 0.5) is 0 Å². The highest BCUT2D eigenvalue weighted by atomic mass is 16.5. The molecular weight excluding hydrogens is 230 g/mol. The van der Waals surface area contributed by atoms with Crippen LogP contribution in [0.25, 0.3) is 0 Å². The first-order valence-electron chi connectivity index (χ1n) is 6.63. The molecule has 0 aromatic carbocycles. The number of rotatable bonds is 5. The second-order valence-electron chi connectivity index (χ2n) is 4.94. The summed E-state index contributed by atoms with van der Waals surface area (Å²) in [5, 5.41) is 9.98. The zero-order valence-corrected chi connectivity index (χ0v) is 10.9. The molecule has 0 atom stereocenters. The third-order valence-corrected chi connectivity index (χ3v) is 3.37. The molecule has 0 radical (unpaired) electrons. The average molecular weight is 251 g/mol. The number of hydrogen-bond acceptors (Lipinski definition) is 4. The van der Waals surface area contributed by atoms with E-state index >= 15 is 0 Å². The van der Waals surface area contributed by atoms with E-state index in [0.29, 0.717) is 24.6 Å². The van der Waals surface area contributed by atoms with Crippen LogP contribution >= 0.6 is 0 Å². The lowest BCUT2D eigenvalue weighted by atomic mass is 9.93. The summed E-state index contributed by atoms with van der Waals surface area (Å²) < 4.78 is 5.04. The Balaban J connectivity index is 1.62. The minimum absolute atomic E-state index is 0.0996. The Hall–Kier alpha value is -1.36. The second-order valence-corrected chi connectivity index (χ2v) is 4.94. The standard InChI is InChI=1S/C13H21N3O2/c1-10-8-12(18-16-10)9-15-13(17)3-2-11-4-6-14-7-5-11/h8,11,14H,2-7,9H2,1H3,(H,15,17). The van der Waals surface area contributed by atoms with E-state index in [-0.39, 0.29) is 5.91 Å². The fourth-order valence-electron chi connectivity index (χ4n) is 2.28. The Kier molecular flexibility index (Phi) is 4.75. The lowest BCUT2D eigenvalue weighted by Crippen LogP contribution is -2.29. The molecule has 1 amide bonds. The van der Waals surface area contributed by atoms with E-state index in [1.165, 1.54) is 12.8 Å². The van der Waals surface area contributed by atoms with Crippen molar-refractivity contribution >= 4 is 5.91 Å². The molecule has 1 aromatic heterocycles. The molecule has 0 saturated carbocycles. The average Bonchev–Trinajstić information content (AvgIpc) is 2.81. The largest absolute Gasteiger partial charge is 0.359 e. The molecule has 1 aliphatic rings. The Morgan fingerprint density at radius 1 is 1.56 bits per heavy atom. The second kappa shape index (κ2) is 6.54. The van der Waals surface area contributed by atoms with E-state index in [1.54, 1.807) is 0 Å². The lowest BCUT2D eigenvalue weighted by molar-refractivity contribution is -0.121. The number of aromatic nitrogens is 1. The van der Waals surface area contributed by atoms with Crippen molar-refractivity contribution in [1.29, 1.82) is 0 Å². The van der Waals surface area contributed by atoms with Crippen LogP contribution in [-0.2, 0) is 11.3 Å². The predicted octanol–water partition coefficient (Wildman–Crippen LogP) is 1.38. The van der Waals surface area contributed by atoms with E-state index in [0.717, 1.165) is 25.2 Å². The molecule has 0 spiro atoms. The summed E-state index contributed by atoms with van der Waals surface area (Å²) in [6.45, 7) is 4.48. The van der Waals surface area contributed by atoms with Crippen LogP contribution in [0.15, 0.2) is 10.6 Å². The van der Waals surface area contributed by atoms with Crippen LogP contribution < -0.4 is 10.6 Å². The van der Waals surface area contributed by atoms with Gasteiger partial charge in [-0.15, -0.1) is 0 Å². The van der Waals surface area contributed by atoms with Crippen molar-refractivity contribution in [2.45, 2.75) is 39.2 Å². The Morgan fingerprint density at radius 3 is 3.00 bits per heavy atom. The molecule has 1 aliphatic heterocycles. The third kappa shape index (κ3) is 4.14. The number of amides is 1. The van der Waals surface area contributed by atoms with Gasteiger partial charge in [0.1, 0.15) is 0 Å². The maximum Gasteiger partial charge on any atom is 0.220 e. The van der Waals surface area contributed by atoms with E-state index < -0.39 is 0 Å². The zero-order valence-electron chi connectivity index (χ0n) is 10.9. The van der Waals surface area contributed by atoms with Crippen molar-refractivity contribution in [3.63, 3.8) is 0 Å². The molecule has 1 saturated heterocycles. The molecular formula is C13H21N3O2. The maximum atomic E-state index is 11.7. The molecule has 2 N–H and O–H groups in total. The third-order valence-electron chi connectivity index (χ3n) is 3.37. The summed E-state index contributed by atoms with van der Waals surface area (Å²) >= 11 is 0. The number of aryl methyl sites for hydroxylation is 1. The van der Waals surface area contributed by atoms with Gasteiger partial charge in [0.15, 0.2) is 5.76 Å². The minimum Gasteiger partial charge on any atom is -0.359 e. The fourth-order valence-corrected chi connectivity index (χ4v) is 2.28. The molecule has 1 fully saturated rings. The molecule has 5 nitrogen and oxygen atoms in total. The molecule has 1 aromatic rings. The zero-order chi connectivity index (χ0) is 12.8. The van der Waals surface area contributed by atoms with Gasteiger partial charge in [0.05, 0.1) is 12.2 Å². The molecule has 2 heterocycles. The SMILES string of the molecule is Cc1cc(CNC(=O)CCC2CCNCC2)on1. The smallest absolute Gasteiger partial charge is 0.220 e. The van der Waals surface area contributed by atoms with Gasteiger partial charge in [0, 0.05) is 12.5 Å². The van der Waals surface area contributed by atoms with Crippen LogP contribution in [0.5, 0.6) is 0 Å². The van der Waals surface area contributed by atoms with E-state index in [9.17, 15) is 4.79 Å². The van der Waals surface area contributed by atoms with Crippen LogP contribution in [-0.4, -0.2) is 24.2 Å². The van der Waals surface area contributed by atoms with Crippen LogP contribution in [0, 0.1) is 12.8 Å². The molecule has 0 unspecified atom stereocenters. The Bertz CT molecular complexity index is 383. The molecule has 18 heavy (non-hydrogen) atoms. The van der Waals surface area contributed by atoms with Crippen LogP contribution in [0.1, 0.15) is 37.1 Å². The number of nitrogens with zero attached hydrogens (tertiary/aromatic N) is 1. The minimum atomic E-state index is 0.0996. The first-order valence-corrected chi connectivity index (χ1v) is 6.63. The van der Waals surface area contributed by atoms with E-state index in [2.05, 4.69) is 15.8 Å². The molecule has 5 heteroatoms. The summed E-state index contributed by atoms with van der Waals surface area (Å²) in [7, 11) is 0. The highest BCUT2D eigenvalue weighted by Gasteiger charge is 2.14. The summed E-state index contributed by atoms with van der Waals surface area (Å²) in [6, 6.07) is 1.84. The number of carbonyl (C=O) groups is 1. The molecule has 0 bridgehead atoms. The predicted molar refractivity (Wildman–Crippen MR) is 67.9 cm³/mol. The number of hydrogen-bond donors (Lipinski definition) is 2. The Labute approximate surface area is 107 Å². The van der Waals surface area contributed by atoms with Crippen molar-refractivity contribution in [2.24, 2.45) is 5.92 Å². The van der Waals surface area contributed by atoms with Crippen molar-refractivity contribution < 1.29 is 9.32 Å².